The fourth-order valence-electron chi connectivity index (χ4n) is 0.939. The van der Waals surface area contributed by atoms with Crippen LogP contribution in [0.3, 0.4) is 0 Å². The molecule has 1 aromatic rings. The predicted octanol–water partition coefficient (Wildman–Crippen LogP) is 0.405. The van der Waals surface area contributed by atoms with Crippen LogP contribution in [0.25, 0.3) is 0 Å². The predicted molar refractivity (Wildman–Crippen MR) is 55.8 cm³/mol. The van der Waals surface area contributed by atoms with Crippen LogP contribution < -0.4 is 11.3 Å². The van der Waals surface area contributed by atoms with E-state index in [0.29, 0.717) is 11.5 Å². The average molecular weight is 193 g/mol. The number of aryl methyl sites for hydroxylation is 1. The standard InChI is InChI=1S/C9H15N5/c1-3-4-11-9(14-10)8-6-12-7(2)5-13-8/h5-6H,3-4,10H2,1-2H3,(H,11,14). The van der Waals surface area contributed by atoms with Gasteiger partial charge in [0, 0.05) is 12.7 Å². The number of hydrogen-bond donors (Lipinski definition) is 2. The first-order chi connectivity index (χ1) is 6.77. The second-order valence-electron chi connectivity index (χ2n) is 2.92. The number of nitrogens with one attached hydrogen (secondary N) is 1. The minimum atomic E-state index is 0.583. The van der Waals surface area contributed by atoms with E-state index in [9.17, 15) is 0 Å². The lowest BCUT2D eigenvalue weighted by Gasteiger charge is -2.03. The van der Waals surface area contributed by atoms with Gasteiger partial charge >= 0.3 is 0 Å². The number of nitrogens with zero attached hydrogens (tertiary/aromatic N) is 3. The molecule has 0 saturated carbocycles. The maximum absolute atomic E-state index is 5.34. The molecule has 0 amide bonds. The third-order valence-corrected chi connectivity index (χ3v) is 1.65. The first-order valence-electron chi connectivity index (χ1n) is 4.58. The zero-order valence-corrected chi connectivity index (χ0v) is 8.49. The Morgan fingerprint density at radius 1 is 1.50 bits per heavy atom. The van der Waals surface area contributed by atoms with Crippen molar-refractivity contribution in [3.63, 3.8) is 0 Å². The van der Waals surface area contributed by atoms with E-state index in [0.717, 1.165) is 18.7 Å². The van der Waals surface area contributed by atoms with Gasteiger partial charge in [-0.3, -0.25) is 9.98 Å². The van der Waals surface area contributed by atoms with Crippen LogP contribution in [-0.2, 0) is 0 Å². The zero-order valence-electron chi connectivity index (χ0n) is 8.49. The quantitative estimate of drug-likeness (QED) is 0.315. The van der Waals surface area contributed by atoms with Crippen molar-refractivity contribution in [3.05, 3.63) is 23.8 Å². The Bertz CT molecular complexity index is 303. The molecule has 0 aliphatic carbocycles. The molecule has 0 spiro atoms. The molecule has 1 aromatic heterocycles. The largest absolute Gasteiger partial charge is 0.307 e. The molecule has 14 heavy (non-hydrogen) atoms. The molecule has 0 unspecified atom stereocenters. The summed E-state index contributed by atoms with van der Waals surface area (Å²) < 4.78 is 0. The van der Waals surface area contributed by atoms with Crippen molar-refractivity contribution in [2.75, 3.05) is 6.54 Å². The highest BCUT2D eigenvalue weighted by Crippen LogP contribution is 1.95. The molecule has 0 aliphatic heterocycles. The monoisotopic (exact) mass is 193 g/mol. The van der Waals surface area contributed by atoms with Gasteiger partial charge in [0.1, 0.15) is 5.69 Å². The highest BCUT2D eigenvalue weighted by molar-refractivity contribution is 5.96. The van der Waals surface area contributed by atoms with Crippen molar-refractivity contribution in [2.24, 2.45) is 10.8 Å². The number of nitrogens with two attached hydrogens (primary N) is 1. The van der Waals surface area contributed by atoms with Gasteiger partial charge < -0.3 is 5.43 Å². The van der Waals surface area contributed by atoms with E-state index in [1.54, 1.807) is 12.4 Å². The number of aliphatic imine (C=N–C) groups is 1. The van der Waals surface area contributed by atoms with Gasteiger partial charge in [-0.1, -0.05) is 6.92 Å². The van der Waals surface area contributed by atoms with Crippen molar-refractivity contribution in [1.29, 1.82) is 0 Å². The summed E-state index contributed by atoms with van der Waals surface area (Å²) >= 11 is 0. The molecule has 1 heterocycles. The maximum atomic E-state index is 5.34. The van der Waals surface area contributed by atoms with Gasteiger partial charge in [0.2, 0.25) is 0 Å². The van der Waals surface area contributed by atoms with Crippen molar-refractivity contribution in [2.45, 2.75) is 20.3 Å². The Labute approximate surface area is 83.5 Å². The van der Waals surface area contributed by atoms with E-state index in [4.69, 9.17) is 5.84 Å². The topological polar surface area (TPSA) is 76.2 Å². The summed E-state index contributed by atoms with van der Waals surface area (Å²) in [5, 5.41) is 0. The number of hydrogen-bond acceptors (Lipinski definition) is 4. The van der Waals surface area contributed by atoms with Gasteiger partial charge in [0.05, 0.1) is 11.9 Å². The summed E-state index contributed by atoms with van der Waals surface area (Å²) in [6.07, 6.45) is 4.32. The molecule has 0 saturated heterocycles. The van der Waals surface area contributed by atoms with Crippen LogP contribution in [0.1, 0.15) is 24.7 Å². The van der Waals surface area contributed by atoms with Gasteiger partial charge in [-0.2, -0.15) is 0 Å². The summed E-state index contributed by atoms with van der Waals surface area (Å²) in [7, 11) is 0. The van der Waals surface area contributed by atoms with E-state index in [2.05, 4.69) is 27.3 Å². The summed E-state index contributed by atoms with van der Waals surface area (Å²) in [6, 6.07) is 0. The Kier molecular flexibility index (Phi) is 4.00. The first kappa shape index (κ1) is 10.6. The Balaban J connectivity index is 2.84. The van der Waals surface area contributed by atoms with Crippen molar-refractivity contribution < 1.29 is 0 Å². The smallest absolute Gasteiger partial charge is 0.163 e. The maximum Gasteiger partial charge on any atom is 0.163 e. The van der Waals surface area contributed by atoms with Gasteiger partial charge in [0.25, 0.3) is 0 Å². The molecular weight excluding hydrogens is 178 g/mol. The average Bonchev–Trinajstić information content (AvgIpc) is 2.21. The molecule has 1 rings (SSSR count). The second kappa shape index (κ2) is 5.29. The van der Waals surface area contributed by atoms with Crippen LogP contribution in [0.2, 0.25) is 0 Å². The fourth-order valence-corrected chi connectivity index (χ4v) is 0.939. The molecule has 5 nitrogen and oxygen atoms in total. The number of hydrazine groups is 1. The number of amidine groups is 1. The minimum Gasteiger partial charge on any atom is -0.307 e. The van der Waals surface area contributed by atoms with Gasteiger partial charge in [0.15, 0.2) is 5.84 Å². The summed E-state index contributed by atoms with van der Waals surface area (Å²) in [4.78, 5) is 12.5. The molecule has 5 heteroatoms. The van der Waals surface area contributed by atoms with E-state index in [-0.39, 0.29) is 0 Å². The van der Waals surface area contributed by atoms with Crippen molar-refractivity contribution in [1.82, 2.24) is 15.4 Å². The highest BCUT2D eigenvalue weighted by atomic mass is 15.3. The van der Waals surface area contributed by atoms with Crippen LogP contribution in [0.4, 0.5) is 0 Å². The van der Waals surface area contributed by atoms with Crippen molar-refractivity contribution >= 4 is 5.84 Å². The lowest BCUT2D eigenvalue weighted by molar-refractivity contribution is 0.901. The lowest BCUT2D eigenvalue weighted by atomic mass is 10.4. The molecule has 3 N–H and O–H groups in total. The van der Waals surface area contributed by atoms with Gasteiger partial charge in [-0.15, -0.1) is 0 Å². The summed E-state index contributed by atoms with van der Waals surface area (Å²) in [5.41, 5.74) is 4.07. The third-order valence-electron chi connectivity index (χ3n) is 1.65. The molecular formula is C9H15N5. The van der Waals surface area contributed by atoms with E-state index in [1.165, 1.54) is 0 Å². The van der Waals surface area contributed by atoms with Crippen LogP contribution in [0.15, 0.2) is 17.4 Å². The molecule has 0 radical (unpaired) electrons. The number of rotatable bonds is 3. The zero-order chi connectivity index (χ0) is 10.4. The number of aromatic nitrogens is 2. The Morgan fingerprint density at radius 3 is 2.79 bits per heavy atom. The van der Waals surface area contributed by atoms with Crippen molar-refractivity contribution in [3.8, 4) is 0 Å². The van der Waals surface area contributed by atoms with Crippen LogP contribution >= 0.6 is 0 Å². The first-order valence-corrected chi connectivity index (χ1v) is 4.58. The highest BCUT2D eigenvalue weighted by Gasteiger charge is 2.02. The van der Waals surface area contributed by atoms with E-state index in [1.807, 2.05) is 6.92 Å². The van der Waals surface area contributed by atoms with Gasteiger partial charge in [-0.05, 0) is 13.3 Å². The van der Waals surface area contributed by atoms with E-state index >= 15 is 0 Å². The second-order valence-corrected chi connectivity index (χ2v) is 2.92. The molecule has 0 fully saturated rings. The molecule has 0 atom stereocenters. The molecule has 0 bridgehead atoms. The van der Waals surface area contributed by atoms with E-state index < -0.39 is 0 Å². The lowest BCUT2D eigenvalue weighted by Crippen LogP contribution is -2.32. The third kappa shape index (κ3) is 2.77. The summed E-state index contributed by atoms with van der Waals surface area (Å²) in [6.45, 7) is 4.67. The normalized spacial score (nSPS) is 11.5. The van der Waals surface area contributed by atoms with Crippen LogP contribution in [-0.4, -0.2) is 22.3 Å². The molecule has 0 aliphatic rings. The Morgan fingerprint density at radius 2 is 2.29 bits per heavy atom. The van der Waals surface area contributed by atoms with Gasteiger partial charge in [-0.25, -0.2) is 10.8 Å². The Hall–Kier alpha value is -1.49. The minimum absolute atomic E-state index is 0.583. The fraction of sp³-hybridized carbons (Fsp3) is 0.444. The SMILES string of the molecule is CCCN=C(NN)c1cnc(C)cn1. The van der Waals surface area contributed by atoms with Crippen LogP contribution in [0, 0.1) is 6.92 Å². The molecule has 76 valence electrons. The molecule has 0 aromatic carbocycles. The van der Waals surface area contributed by atoms with Crippen LogP contribution in [0.5, 0.6) is 0 Å². The summed E-state index contributed by atoms with van der Waals surface area (Å²) in [5.74, 6) is 5.92.